The highest BCUT2D eigenvalue weighted by molar-refractivity contribution is 5.66. The van der Waals surface area contributed by atoms with Crippen LogP contribution >= 0.6 is 0 Å². The van der Waals surface area contributed by atoms with E-state index < -0.39 is 24.4 Å². The lowest BCUT2D eigenvalue weighted by Gasteiger charge is -2.19. The summed E-state index contributed by atoms with van der Waals surface area (Å²) in [7, 11) is 0. The van der Waals surface area contributed by atoms with E-state index >= 15 is 0 Å². The maximum atomic E-state index is 10.9. The molecule has 0 aliphatic carbocycles. The molecular formula is C8H15NO5. The zero-order valence-electron chi connectivity index (χ0n) is 8.44. The maximum Gasteiger partial charge on any atom is 0.431 e. The molecule has 0 heterocycles. The van der Waals surface area contributed by atoms with Crippen LogP contribution in [0.3, 0.4) is 0 Å². The van der Waals surface area contributed by atoms with Crippen molar-refractivity contribution in [1.29, 1.82) is 0 Å². The van der Waals surface area contributed by atoms with Crippen LogP contribution < -0.4 is 5.48 Å². The number of carbonyl (C=O) groups excluding carboxylic acids is 2. The molecule has 1 unspecified atom stereocenters. The van der Waals surface area contributed by atoms with Crippen molar-refractivity contribution in [3.63, 3.8) is 0 Å². The molecule has 82 valence electrons. The Morgan fingerprint density at radius 3 is 2.50 bits per heavy atom. The zero-order valence-corrected chi connectivity index (χ0v) is 8.44. The molecule has 0 rings (SSSR count). The Morgan fingerprint density at radius 1 is 1.57 bits per heavy atom. The number of hydrogen-bond donors (Lipinski definition) is 2. The molecule has 0 aromatic heterocycles. The number of rotatable bonds is 4. The van der Waals surface area contributed by atoms with Crippen molar-refractivity contribution in [3.8, 4) is 0 Å². The Hall–Kier alpha value is -1.14. The lowest BCUT2D eigenvalue weighted by atomic mass is 10.2. The third-order valence-electron chi connectivity index (χ3n) is 1.02. The smallest absolute Gasteiger partial charge is 0.431 e. The molecule has 2 N–H and O–H groups in total. The molecule has 0 spiro atoms. The molecule has 0 aromatic rings. The number of aliphatic hydroxyl groups is 1. The summed E-state index contributed by atoms with van der Waals surface area (Å²) in [6.07, 6.45) is -1.50. The fraction of sp³-hybridized carbons (Fsp3) is 0.750. The highest BCUT2D eigenvalue weighted by Gasteiger charge is 2.17. The van der Waals surface area contributed by atoms with Crippen molar-refractivity contribution in [1.82, 2.24) is 5.48 Å². The van der Waals surface area contributed by atoms with Crippen molar-refractivity contribution >= 4 is 12.4 Å². The molecule has 0 aliphatic heterocycles. The summed E-state index contributed by atoms with van der Waals surface area (Å²) in [5, 5.41) is 8.52. The minimum atomic E-state index is -1.07. The second-order valence-electron chi connectivity index (χ2n) is 3.58. The largest absolute Gasteiger partial charge is 0.442 e. The normalized spacial score (nSPS) is 13.1. The van der Waals surface area contributed by atoms with Gasteiger partial charge in [0.25, 0.3) is 0 Å². The quantitative estimate of drug-likeness (QED) is 0.498. The number of hydrogen-bond acceptors (Lipinski definition) is 5. The van der Waals surface area contributed by atoms with Gasteiger partial charge in [-0.3, -0.25) is 4.84 Å². The van der Waals surface area contributed by atoms with E-state index in [1.54, 1.807) is 20.8 Å². The lowest BCUT2D eigenvalue weighted by Crippen LogP contribution is -2.36. The van der Waals surface area contributed by atoms with Crippen LogP contribution in [0.2, 0.25) is 0 Å². The van der Waals surface area contributed by atoms with Crippen LogP contribution in [0.1, 0.15) is 20.8 Å². The fourth-order valence-electron chi connectivity index (χ4n) is 0.531. The average molecular weight is 205 g/mol. The van der Waals surface area contributed by atoms with Crippen LogP contribution in [-0.4, -0.2) is 35.8 Å². The van der Waals surface area contributed by atoms with Crippen LogP contribution in [0.15, 0.2) is 0 Å². The Balaban J connectivity index is 3.79. The highest BCUT2D eigenvalue weighted by Crippen LogP contribution is 2.06. The molecule has 14 heavy (non-hydrogen) atoms. The van der Waals surface area contributed by atoms with Gasteiger partial charge in [-0.25, -0.2) is 4.79 Å². The van der Waals surface area contributed by atoms with Crippen molar-refractivity contribution < 1.29 is 24.3 Å². The van der Waals surface area contributed by atoms with E-state index in [0.717, 1.165) is 0 Å². The van der Waals surface area contributed by atoms with Gasteiger partial charge in [0.05, 0.1) is 6.61 Å². The summed E-state index contributed by atoms with van der Waals surface area (Å²) in [6, 6.07) is 0. The molecule has 0 fully saturated rings. The van der Waals surface area contributed by atoms with Crippen LogP contribution in [0, 0.1) is 0 Å². The number of ether oxygens (including phenoxy) is 1. The van der Waals surface area contributed by atoms with Gasteiger partial charge in [-0.15, -0.1) is 0 Å². The summed E-state index contributed by atoms with van der Waals surface area (Å²) in [4.78, 5) is 25.6. The molecule has 1 atom stereocenters. The SMILES string of the molecule is CC(C)(C)OC(=O)NOC(C=O)CO. The number of nitrogens with one attached hydrogen (secondary N) is 1. The van der Waals surface area contributed by atoms with E-state index in [4.69, 9.17) is 9.84 Å². The zero-order chi connectivity index (χ0) is 11.2. The summed E-state index contributed by atoms with van der Waals surface area (Å²) >= 11 is 0. The Kier molecular flexibility index (Phi) is 5.11. The lowest BCUT2D eigenvalue weighted by molar-refractivity contribution is -0.126. The second kappa shape index (κ2) is 5.56. The van der Waals surface area contributed by atoms with E-state index in [2.05, 4.69) is 4.84 Å². The van der Waals surface area contributed by atoms with Gasteiger partial charge in [0.15, 0.2) is 12.4 Å². The van der Waals surface area contributed by atoms with Gasteiger partial charge in [0.1, 0.15) is 5.60 Å². The van der Waals surface area contributed by atoms with Gasteiger partial charge in [0.2, 0.25) is 0 Å². The topological polar surface area (TPSA) is 84.9 Å². The van der Waals surface area contributed by atoms with Crippen LogP contribution in [-0.2, 0) is 14.4 Å². The number of hydroxylamine groups is 1. The molecule has 6 nitrogen and oxygen atoms in total. The molecule has 6 heteroatoms. The molecule has 0 aromatic carbocycles. The third-order valence-corrected chi connectivity index (χ3v) is 1.02. The van der Waals surface area contributed by atoms with Crippen LogP contribution in [0.25, 0.3) is 0 Å². The van der Waals surface area contributed by atoms with Crippen LogP contribution in [0.5, 0.6) is 0 Å². The summed E-state index contributed by atoms with van der Waals surface area (Å²) in [5.74, 6) is 0. The minimum Gasteiger partial charge on any atom is -0.442 e. The van der Waals surface area contributed by atoms with Gasteiger partial charge in [-0.1, -0.05) is 0 Å². The number of carbonyl (C=O) groups is 2. The Morgan fingerprint density at radius 2 is 2.14 bits per heavy atom. The monoisotopic (exact) mass is 205 g/mol. The van der Waals surface area contributed by atoms with E-state index in [1.165, 1.54) is 0 Å². The first kappa shape index (κ1) is 12.9. The summed E-state index contributed by atoms with van der Waals surface area (Å²) in [5.41, 5.74) is 1.25. The van der Waals surface area contributed by atoms with E-state index in [-0.39, 0.29) is 0 Å². The Bertz CT molecular complexity index is 198. The first-order valence-electron chi connectivity index (χ1n) is 4.10. The molecule has 0 saturated carbocycles. The molecular weight excluding hydrogens is 190 g/mol. The summed E-state index contributed by atoms with van der Waals surface area (Å²) in [6.45, 7) is 4.57. The van der Waals surface area contributed by atoms with Crippen molar-refractivity contribution in [2.75, 3.05) is 6.61 Å². The van der Waals surface area contributed by atoms with Gasteiger partial charge >= 0.3 is 6.09 Å². The standard InChI is InChI=1S/C8H15NO5/c1-8(2,3)13-7(12)9-14-6(4-10)5-11/h4,6,11H,5H2,1-3H3,(H,9,12). The fourth-order valence-corrected chi connectivity index (χ4v) is 0.531. The predicted octanol–water partition coefficient (Wildman–Crippen LogP) is 0.00250. The molecule has 0 bridgehead atoms. The van der Waals surface area contributed by atoms with Crippen molar-refractivity contribution in [2.24, 2.45) is 0 Å². The van der Waals surface area contributed by atoms with Crippen LogP contribution in [0.4, 0.5) is 4.79 Å². The van der Waals surface area contributed by atoms with Gasteiger partial charge < -0.3 is 14.6 Å². The Labute approximate surface area is 82.1 Å². The van der Waals surface area contributed by atoms with Crippen molar-refractivity contribution in [2.45, 2.75) is 32.5 Å². The molecule has 0 aliphatic rings. The third kappa shape index (κ3) is 6.38. The van der Waals surface area contributed by atoms with Gasteiger partial charge in [0, 0.05) is 0 Å². The predicted molar refractivity (Wildman–Crippen MR) is 47.4 cm³/mol. The average Bonchev–Trinajstić information content (AvgIpc) is 2.03. The van der Waals surface area contributed by atoms with E-state index in [1.807, 2.05) is 5.48 Å². The molecule has 1 amide bonds. The first-order valence-corrected chi connectivity index (χ1v) is 4.10. The van der Waals surface area contributed by atoms with Crippen molar-refractivity contribution in [3.05, 3.63) is 0 Å². The van der Waals surface area contributed by atoms with E-state index in [0.29, 0.717) is 6.29 Å². The highest BCUT2D eigenvalue weighted by atomic mass is 16.7. The van der Waals surface area contributed by atoms with E-state index in [9.17, 15) is 9.59 Å². The number of aliphatic hydroxyl groups excluding tert-OH is 1. The number of aldehydes is 1. The molecule has 0 radical (unpaired) electrons. The minimum absolute atomic E-state index is 0.372. The van der Waals surface area contributed by atoms with Gasteiger partial charge in [-0.05, 0) is 20.8 Å². The summed E-state index contributed by atoms with van der Waals surface area (Å²) < 4.78 is 4.80. The van der Waals surface area contributed by atoms with Gasteiger partial charge in [-0.2, -0.15) is 5.48 Å². The number of amides is 1. The first-order chi connectivity index (χ1) is 6.39. The maximum absolute atomic E-state index is 10.9. The second-order valence-corrected chi connectivity index (χ2v) is 3.58. The molecule has 0 saturated heterocycles.